The lowest BCUT2D eigenvalue weighted by Gasteiger charge is -2.15. The van der Waals surface area contributed by atoms with E-state index in [0.29, 0.717) is 17.0 Å². The third kappa shape index (κ3) is 4.30. The van der Waals surface area contributed by atoms with E-state index < -0.39 is 11.5 Å². The van der Waals surface area contributed by atoms with E-state index in [4.69, 9.17) is 14.5 Å². The summed E-state index contributed by atoms with van der Waals surface area (Å²) in [4.78, 5) is 44.0. The molecule has 0 bridgehead atoms. The third-order valence-electron chi connectivity index (χ3n) is 5.01. The number of ketones is 1. The van der Waals surface area contributed by atoms with E-state index in [9.17, 15) is 14.4 Å². The van der Waals surface area contributed by atoms with Gasteiger partial charge in [-0.1, -0.05) is 44.2 Å². The number of Topliss-reactive ketones (excluding diaryl/α,β-unsaturated/α-hetero) is 1. The number of aromatic nitrogens is 3. The summed E-state index contributed by atoms with van der Waals surface area (Å²) < 4.78 is 14.0. The Bertz CT molecular complexity index is 1210. The molecular weight excluding hydrogens is 410 g/mol. The Labute approximate surface area is 186 Å². The highest BCUT2D eigenvalue weighted by molar-refractivity contribution is 6.01. The third-order valence-corrected chi connectivity index (χ3v) is 5.01. The van der Waals surface area contributed by atoms with Gasteiger partial charge in [-0.25, -0.2) is 9.78 Å². The van der Waals surface area contributed by atoms with Crippen molar-refractivity contribution in [1.29, 1.82) is 0 Å². The fourth-order valence-electron chi connectivity index (χ4n) is 3.61. The number of hydrogen-bond acceptors (Lipinski definition) is 6. The number of esters is 1. The van der Waals surface area contributed by atoms with Crippen molar-refractivity contribution in [2.45, 2.75) is 53.2 Å². The summed E-state index contributed by atoms with van der Waals surface area (Å²) >= 11 is 0. The number of ether oxygens (including phenoxy) is 2. The summed E-state index contributed by atoms with van der Waals surface area (Å²) in [5.41, 5.74) is 0.528. The molecule has 0 aliphatic heterocycles. The molecule has 0 fully saturated rings. The first-order valence-electron chi connectivity index (χ1n) is 10.7. The maximum Gasteiger partial charge on any atom is 0.358 e. The van der Waals surface area contributed by atoms with Crippen molar-refractivity contribution >= 4 is 22.8 Å². The van der Waals surface area contributed by atoms with Crippen LogP contribution < -0.4 is 10.3 Å². The number of nitrogens with zero attached hydrogens (tertiary/aromatic N) is 3. The van der Waals surface area contributed by atoms with Crippen molar-refractivity contribution in [3.05, 3.63) is 57.8 Å². The van der Waals surface area contributed by atoms with Crippen LogP contribution in [0.1, 0.15) is 67.2 Å². The van der Waals surface area contributed by atoms with Crippen molar-refractivity contribution in [1.82, 2.24) is 14.1 Å². The maximum atomic E-state index is 13.7. The lowest BCUT2D eigenvalue weighted by atomic mass is 10.1. The maximum absolute atomic E-state index is 13.7. The molecule has 8 nitrogen and oxygen atoms in total. The van der Waals surface area contributed by atoms with E-state index in [0.717, 1.165) is 0 Å². The Morgan fingerprint density at radius 1 is 1.09 bits per heavy atom. The average molecular weight is 440 g/mol. The second kappa shape index (κ2) is 9.38. The highest BCUT2D eigenvalue weighted by atomic mass is 16.5. The molecule has 170 valence electrons. The summed E-state index contributed by atoms with van der Waals surface area (Å²) in [5.74, 6) is -0.348. The van der Waals surface area contributed by atoms with Gasteiger partial charge in [0.25, 0.3) is 5.56 Å². The predicted molar refractivity (Wildman–Crippen MR) is 122 cm³/mol. The van der Waals surface area contributed by atoms with Gasteiger partial charge in [-0.3, -0.25) is 14.2 Å². The second-order valence-corrected chi connectivity index (χ2v) is 8.13. The van der Waals surface area contributed by atoms with Gasteiger partial charge in [0.2, 0.25) is 0 Å². The molecule has 3 aromatic rings. The van der Waals surface area contributed by atoms with Gasteiger partial charge in [0, 0.05) is 18.5 Å². The fourth-order valence-corrected chi connectivity index (χ4v) is 3.61. The zero-order chi connectivity index (χ0) is 23.6. The molecule has 0 saturated carbocycles. The van der Waals surface area contributed by atoms with Gasteiger partial charge in [-0.15, -0.1) is 0 Å². The first kappa shape index (κ1) is 23.2. The van der Waals surface area contributed by atoms with Crippen LogP contribution in [0.3, 0.4) is 0 Å². The van der Waals surface area contributed by atoms with Gasteiger partial charge >= 0.3 is 5.97 Å². The van der Waals surface area contributed by atoms with Crippen LogP contribution in [-0.4, -0.2) is 38.6 Å². The van der Waals surface area contributed by atoms with Crippen LogP contribution in [0.15, 0.2) is 35.1 Å². The number of fused-ring (bicyclic) bond motifs is 1. The van der Waals surface area contributed by atoms with E-state index in [-0.39, 0.29) is 47.8 Å². The molecule has 0 N–H and O–H groups in total. The summed E-state index contributed by atoms with van der Waals surface area (Å²) in [6, 6.07) is 8.80. The average Bonchev–Trinajstić information content (AvgIpc) is 3.01. The highest BCUT2D eigenvalue weighted by Gasteiger charge is 2.30. The second-order valence-electron chi connectivity index (χ2n) is 8.13. The van der Waals surface area contributed by atoms with Crippen LogP contribution in [0.4, 0.5) is 0 Å². The van der Waals surface area contributed by atoms with Gasteiger partial charge in [0.15, 0.2) is 22.9 Å². The molecule has 0 atom stereocenters. The van der Waals surface area contributed by atoms with Gasteiger partial charge < -0.3 is 14.0 Å². The van der Waals surface area contributed by atoms with E-state index in [1.165, 1.54) is 9.13 Å². The van der Waals surface area contributed by atoms with Crippen LogP contribution in [0, 0.1) is 0 Å². The van der Waals surface area contributed by atoms with Crippen LogP contribution in [0.2, 0.25) is 0 Å². The lowest BCUT2D eigenvalue weighted by Crippen LogP contribution is -2.29. The zero-order valence-electron chi connectivity index (χ0n) is 19.3. The first-order valence-corrected chi connectivity index (χ1v) is 10.7. The van der Waals surface area contributed by atoms with E-state index in [1.807, 2.05) is 19.9 Å². The van der Waals surface area contributed by atoms with Gasteiger partial charge in [-0.05, 0) is 20.8 Å². The predicted octanol–water partition coefficient (Wildman–Crippen LogP) is 3.71. The molecule has 0 aliphatic carbocycles. The smallest absolute Gasteiger partial charge is 0.358 e. The SMILES string of the molecule is CCOC(=O)c1c(OC(C)C)c2c(=O)n(CC(=O)c3ccccc3)c(C(C)C)nc2n1C. The molecule has 0 amide bonds. The van der Waals surface area contributed by atoms with Crippen molar-refractivity contribution in [2.75, 3.05) is 6.61 Å². The molecule has 0 spiro atoms. The molecule has 1 aromatic carbocycles. The molecule has 2 heterocycles. The van der Waals surface area contributed by atoms with Crippen LogP contribution in [0.5, 0.6) is 5.75 Å². The summed E-state index contributed by atoms with van der Waals surface area (Å²) in [7, 11) is 1.65. The minimum absolute atomic E-state index is 0.127. The van der Waals surface area contributed by atoms with Crippen LogP contribution >= 0.6 is 0 Å². The molecular formula is C24H29N3O5. The lowest BCUT2D eigenvalue weighted by molar-refractivity contribution is 0.0509. The van der Waals surface area contributed by atoms with Crippen molar-refractivity contribution < 1.29 is 19.1 Å². The van der Waals surface area contributed by atoms with Gasteiger partial charge in [0.1, 0.15) is 11.2 Å². The topological polar surface area (TPSA) is 92.4 Å². The van der Waals surface area contributed by atoms with Gasteiger partial charge in [0.05, 0.1) is 19.3 Å². The summed E-state index contributed by atoms with van der Waals surface area (Å²) in [5, 5.41) is 0.162. The normalized spacial score (nSPS) is 11.4. The van der Waals surface area contributed by atoms with Crippen molar-refractivity contribution in [3.63, 3.8) is 0 Å². The number of rotatable bonds is 8. The van der Waals surface area contributed by atoms with E-state index in [2.05, 4.69) is 0 Å². The Kier molecular flexibility index (Phi) is 6.81. The largest absolute Gasteiger partial charge is 0.488 e. The first-order chi connectivity index (χ1) is 15.2. The molecule has 0 saturated heterocycles. The molecule has 32 heavy (non-hydrogen) atoms. The number of carbonyl (C=O) groups is 2. The molecule has 2 aromatic heterocycles. The fraction of sp³-hybridized carbons (Fsp3) is 0.417. The highest BCUT2D eigenvalue weighted by Crippen LogP contribution is 2.32. The minimum Gasteiger partial charge on any atom is -0.488 e. The monoisotopic (exact) mass is 439 g/mol. The number of aryl methyl sites for hydroxylation is 1. The Hall–Kier alpha value is -3.42. The van der Waals surface area contributed by atoms with E-state index in [1.54, 1.807) is 52.1 Å². The zero-order valence-corrected chi connectivity index (χ0v) is 19.3. The van der Waals surface area contributed by atoms with Crippen LogP contribution in [-0.2, 0) is 18.3 Å². The molecule has 0 unspecified atom stereocenters. The van der Waals surface area contributed by atoms with Crippen molar-refractivity contribution in [3.8, 4) is 5.75 Å². The van der Waals surface area contributed by atoms with Crippen LogP contribution in [0.25, 0.3) is 11.0 Å². The molecule has 0 radical (unpaired) electrons. The molecule has 8 heteroatoms. The van der Waals surface area contributed by atoms with Crippen molar-refractivity contribution in [2.24, 2.45) is 7.05 Å². The number of hydrogen-bond donors (Lipinski definition) is 0. The summed E-state index contributed by atoms with van der Waals surface area (Å²) in [6.45, 7) is 9.14. The minimum atomic E-state index is -0.596. The number of carbonyl (C=O) groups excluding carboxylic acids is 2. The number of benzene rings is 1. The quantitative estimate of drug-likeness (QED) is 0.392. The summed E-state index contributed by atoms with van der Waals surface area (Å²) in [6.07, 6.45) is -0.294. The Morgan fingerprint density at radius 2 is 1.75 bits per heavy atom. The van der Waals surface area contributed by atoms with Gasteiger partial charge in [-0.2, -0.15) is 0 Å². The van der Waals surface area contributed by atoms with E-state index >= 15 is 0 Å². The standard InChI is InChI=1S/C24H29N3O5/c1-7-31-24(30)19-20(32-15(4)5)18-22(26(19)6)25-21(14(2)3)27(23(18)29)13-17(28)16-11-9-8-10-12-16/h8-12,14-15H,7,13H2,1-6H3. The molecule has 3 rings (SSSR count). The Balaban J connectivity index is 2.29. The Morgan fingerprint density at radius 3 is 2.31 bits per heavy atom. The molecule has 0 aliphatic rings.